The third kappa shape index (κ3) is 6.45. The minimum atomic E-state index is -0.268. The predicted molar refractivity (Wildman–Crippen MR) is 99.2 cm³/mol. The van der Waals surface area contributed by atoms with Crippen LogP contribution in [-0.4, -0.2) is 48.9 Å². The lowest BCUT2D eigenvalue weighted by molar-refractivity contribution is -0.119. The lowest BCUT2D eigenvalue weighted by atomic mass is 9.95. The van der Waals surface area contributed by atoms with Gasteiger partial charge in [0, 0.05) is 31.7 Å². The fourth-order valence-corrected chi connectivity index (χ4v) is 3.00. The molecule has 0 spiro atoms. The van der Waals surface area contributed by atoms with Gasteiger partial charge in [0.25, 0.3) is 0 Å². The summed E-state index contributed by atoms with van der Waals surface area (Å²) >= 11 is 0. The van der Waals surface area contributed by atoms with Crippen LogP contribution in [0, 0.1) is 5.92 Å². The lowest BCUT2D eigenvalue weighted by Crippen LogP contribution is -2.47. The van der Waals surface area contributed by atoms with Gasteiger partial charge in [0.1, 0.15) is 6.54 Å². The van der Waals surface area contributed by atoms with Crippen LogP contribution in [0.2, 0.25) is 0 Å². The highest BCUT2D eigenvalue weighted by Gasteiger charge is 2.23. The molecule has 2 amide bonds. The molecule has 136 valence electrons. The normalized spacial score (nSPS) is 17.9. The fourth-order valence-electron chi connectivity index (χ4n) is 3.00. The zero-order valence-corrected chi connectivity index (χ0v) is 14.7. The number of benzene rings is 1. The standard InChI is InChI=1S/C18H27N5O2/c1-2-20-18(23-10-6-7-14(13-23)11-16(19)24)21-12-17(25)22-15-8-4-3-5-9-15/h3-5,8-9,14H,2,6-7,10-13H2,1H3,(H2,19,24)(H,20,21)(H,22,25). The Kier molecular flexibility index (Phi) is 7.25. The van der Waals surface area contributed by atoms with Crippen molar-refractivity contribution in [1.82, 2.24) is 10.2 Å². The van der Waals surface area contributed by atoms with Gasteiger partial charge in [-0.25, -0.2) is 4.99 Å². The van der Waals surface area contributed by atoms with E-state index >= 15 is 0 Å². The molecule has 1 fully saturated rings. The molecule has 2 rings (SSSR count). The van der Waals surface area contributed by atoms with E-state index in [1.54, 1.807) is 0 Å². The molecule has 1 aromatic rings. The second kappa shape index (κ2) is 9.66. The molecule has 0 aromatic heterocycles. The Morgan fingerprint density at radius 2 is 2.08 bits per heavy atom. The average Bonchev–Trinajstić information content (AvgIpc) is 2.59. The molecule has 0 saturated carbocycles. The number of nitrogens with two attached hydrogens (primary N) is 1. The van der Waals surface area contributed by atoms with E-state index in [1.165, 1.54) is 0 Å². The largest absolute Gasteiger partial charge is 0.370 e. The third-order valence-electron chi connectivity index (χ3n) is 4.07. The molecular weight excluding hydrogens is 318 g/mol. The fraction of sp³-hybridized carbons (Fsp3) is 0.500. The summed E-state index contributed by atoms with van der Waals surface area (Å²) in [6, 6.07) is 9.32. The Hall–Kier alpha value is -2.57. The Morgan fingerprint density at radius 1 is 1.32 bits per heavy atom. The number of nitrogens with zero attached hydrogens (tertiary/aromatic N) is 2. The Labute approximate surface area is 148 Å². The number of guanidine groups is 1. The predicted octanol–water partition coefficient (Wildman–Crippen LogP) is 1.18. The average molecular weight is 345 g/mol. The number of para-hydroxylation sites is 1. The zero-order valence-electron chi connectivity index (χ0n) is 14.7. The second-order valence-electron chi connectivity index (χ2n) is 6.21. The maximum atomic E-state index is 12.1. The van der Waals surface area contributed by atoms with E-state index in [1.807, 2.05) is 37.3 Å². The number of amides is 2. The maximum absolute atomic E-state index is 12.1. The van der Waals surface area contributed by atoms with Crippen molar-refractivity contribution in [2.24, 2.45) is 16.6 Å². The molecule has 1 atom stereocenters. The number of carbonyl (C=O) groups excluding carboxylic acids is 2. The Balaban J connectivity index is 1.95. The van der Waals surface area contributed by atoms with Crippen LogP contribution in [0.5, 0.6) is 0 Å². The molecule has 7 heteroatoms. The molecule has 4 N–H and O–H groups in total. The van der Waals surface area contributed by atoms with Gasteiger partial charge in [0.15, 0.2) is 5.96 Å². The van der Waals surface area contributed by atoms with Crippen molar-refractivity contribution < 1.29 is 9.59 Å². The highest BCUT2D eigenvalue weighted by Crippen LogP contribution is 2.19. The number of aliphatic imine (C=N–C) groups is 1. The molecule has 1 unspecified atom stereocenters. The smallest absolute Gasteiger partial charge is 0.246 e. The SMILES string of the molecule is CCNC(=NCC(=O)Nc1ccccc1)N1CCCC(CC(N)=O)C1. The summed E-state index contributed by atoms with van der Waals surface area (Å²) < 4.78 is 0. The minimum absolute atomic E-state index is 0.0498. The van der Waals surface area contributed by atoms with Crippen molar-refractivity contribution in [3.05, 3.63) is 30.3 Å². The van der Waals surface area contributed by atoms with Crippen LogP contribution in [0.4, 0.5) is 5.69 Å². The van der Waals surface area contributed by atoms with Gasteiger partial charge >= 0.3 is 0 Å². The Bertz CT molecular complexity index is 603. The van der Waals surface area contributed by atoms with Crippen molar-refractivity contribution >= 4 is 23.5 Å². The summed E-state index contributed by atoms with van der Waals surface area (Å²) in [6.07, 6.45) is 2.37. The highest BCUT2D eigenvalue weighted by molar-refractivity contribution is 5.94. The number of nitrogens with one attached hydrogen (secondary N) is 2. The summed E-state index contributed by atoms with van der Waals surface area (Å²) in [5, 5.41) is 6.05. The molecule has 1 aliphatic heterocycles. The van der Waals surface area contributed by atoms with Crippen molar-refractivity contribution in [2.75, 3.05) is 31.5 Å². The number of likely N-dealkylation sites (tertiary alicyclic amines) is 1. The van der Waals surface area contributed by atoms with Gasteiger partial charge in [-0.1, -0.05) is 18.2 Å². The molecule has 1 saturated heterocycles. The van der Waals surface area contributed by atoms with E-state index in [9.17, 15) is 9.59 Å². The number of primary amides is 1. The summed E-state index contributed by atoms with van der Waals surface area (Å²) in [7, 11) is 0. The van der Waals surface area contributed by atoms with Crippen molar-refractivity contribution in [2.45, 2.75) is 26.2 Å². The second-order valence-corrected chi connectivity index (χ2v) is 6.21. The van der Waals surface area contributed by atoms with E-state index in [2.05, 4.69) is 20.5 Å². The van der Waals surface area contributed by atoms with Gasteiger partial charge in [-0.2, -0.15) is 0 Å². The number of hydrogen-bond acceptors (Lipinski definition) is 3. The summed E-state index contributed by atoms with van der Waals surface area (Å²) in [5.74, 6) is 0.525. The number of anilines is 1. The monoisotopic (exact) mass is 345 g/mol. The van der Waals surface area contributed by atoms with Crippen molar-refractivity contribution in [3.8, 4) is 0 Å². The molecule has 7 nitrogen and oxygen atoms in total. The van der Waals surface area contributed by atoms with Gasteiger partial charge < -0.3 is 21.3 Å². The topological polar surface area (TPSA) is 99.8 Å². The van der Waals surface area contributed by atoms with E-state index in [4.69, 9.17) is 5.73 Å². The van der Waals surface area contributed by atoms with Crippen LogP contribution in [0.1, 0.15) is 26.2 Å². The highest BCUT2D eigenvalue weighted by atomic mass is 16.2. The minimum Gasteiger partial charge on any atom is -0.370 e. The quantitative estimate of drug-likeness (QED) is 0.532. The molecule has 25 heavy (non-hydrogen) atoms. The van der Waals surface area contributed by atoms with E-state index in [0.29, 0.717) is 12.4 Å². The molecule has 0 aliphatic carbocycles. The van der Waals surface area contributed by atoms with Crippen LogP contribution >= 0.6 is 0 Å². The van der Waals surface area contributed by atoms with Crippen LogP contribution in [0.15, 0.2) is 35.3 Å². The van der Waals surface area contributed by atoms with Gasteiger partial charge in [-0.05, 0) is 37.8 Å². The van der Waals surface area contributed by atoms with Crippen LogP contribution < -0.4 is 16.4 Å². The first-order chi connectivity index (χ1) is 12.1. The first kappa shape index (κ1) is 18.8. The number of piperidine rings is 1. The van der Waals surface area contributed by atoms with Gasteiger partial charge in [-0.3, -0.25) is 9.59 Å². The maximum Gasteiger partial charge on any atom is 0.246 e. The van der Waals surface area contributed by atoms with Crippen LogP contribution in [0.3, 0.4) is 0 Å². The summed E-state index contributed by atoms with van der Waals surface area (Å²) in [5.41, 5.74) is 6.08. The molecule has 1 heterocycles. The Morgan fingerprint density at radius 3 is 2.76 bits per heavy atom. The molecule has 1 aromatic carbocycles. The van der Waals surface area contributed by atoms with E-state index < -0.39 is 0 Å². The van der Waals surface area contributed by atoms with E-state index in [0.717, 1.165) is 38.2 Å². The van der Waals surface area contributed by atoms with Crippen molar-refractivity contribution in [1.29, 1.82) is 0 Å². The van der Waals surface area contributed by atoms with Crippen LogP contribution in [0.25, 0.3) is 0 Å². The van der Waals surface area contributed by atoms with Gasteiger partial charge in [0.2, 0.25) is 11.8 Å². The van der Waals surface area contributed by atoms with Crippen LogP contribution in [-0.2, 0) is 9.59 Å². The molecule has 1 aliphatic rings. The van der Waals surface area contributed by atoms with E-state index in [-0.39, 0.29) is 24.3 Å². The molecule has 0 bridgehead atoms. The number of rotatable bonds is 6. The zero-order chi connectivity index (χ0) is 18.1. The molecule has 0 radical (unpaired) electrons. The summed E-state index contributed by atoms with van der Waals surface area (Å²) in [6.45, 7) is 4.35. The van der Waals surface area contributed by atoms with Gasteiger partial charge in [0.05, 0.1) is 0 Å². The first-order valence-electron chi connectivity index (χ1n) is 8.75. The number of hydrogen-bond donors (Lipinski definition) is 3. The third-order valence-corrected chi connectivity index (χ3v) is 4.07. The molecular formula is C18H27N5O2. The first-order valence-corrected chi connectivity index (χ1v) is 8.75. The summed E-state index contributed by atoms with van der Waals surface area (Å²) in [4.78, 5) is 29.8. The van der Waals surface area contributed by atoms with Gasteiger partial charge in [-0.15, -0.1) is 0 Å². The number of carbonyl (C=O) groups is 2. The lowest BCUT2D eigenvalue weighted by Gasteiger charge is -2.34. The van der Waals surface area contributed by atoms with Crippen molar-refractivity contribution in [3.63, 3.8) is 0 Å².